The molecule has 1 unspecified atom stereocenters. The zero-order chi connectivity index (χ0) is 21.1. The third-order valence-electron chi connectivity index (χ3n) is 6.38. The van der Waals surface area contributed by atoms with Crippen LogP contribution in [0.15, 0.2) is 15.5 Å². The van der Waals surface area contributed by atoms with Crippen LogP contribution in [-0.2, 0) is 41.1 Å². The van der Waals surface area contributed by atoms with Crippen LogP contribution in [0.25, 0.3) is 0 Å². The Kier molecular flexibility index (Phi) is 4.41. The van der Waals surface area contributed by atoms with Gasteiger partial charge in [0.15, 0.2) is 0 Å². The molecule has 30 heavy (non-hydrogen) atoms. The summed E-state index contributed by atoms with van der Waals surface area (Å²) in [7, 11) is -3.43. The van der Waals surface area contributed by atoms with Crippen molar-refractivity contribution in [2.45, 2.75) is 69.2 Å². The Labute approximate surface area is 176 Å². The third kappa shape index (κ3) is 3.09. The van der Waals surface area contributed by atoms with Gasteiger partial charge in [-0.15, -0.1) is 4.36 Å². The zero-order valence-electron chi connectivity index (χ0n) is 17.3. The number of fused-ring (bicyclic) bond motifs is 3. The molecule has 3 heterocycles. The van der Waals surface area contributed by atoms with Gasteiger partial charge in [0, 0.05) is 24.2 Å². The Bertz CT molecular complexity index is 1170. The fourth-order valence-electron chi connectivity index (χ4n) is 4.80. The highest BCUT2D eigenvalue weighted by atomic mass is 32.2. The van der Waals surface area contributed by atoms with Crippen molar-refractivity contribution in [3.63, 3.8) is 0 Å². The maximum Gasteiger partial charge on any atom is 0.354 e. The molecular weight excluding hydrogens is 402 g/mol. The number of nitrogens with zero attached hydrogens (tertiary/aromatic N) is 4. The molecule has 2 amide bonds. The van der Waals surface area contributed by atoms with Gasteiger partial charge in [0.1, 0.15) is 20.6 Å². The number of aromatic nitrogens is 3. The zero-order valence-corrected chi connectivity index (χ0v) is 18.1. The molecule has 3 aliphatic rings. The molecule has 4 N–H and O–H groups in total. The fourth-order valence-corrected chi connectivity index (χ4v) is 5.84. The molecule has 0 radical (unpaired) electrons. The fraction of sp³-hybridized carbons (Fsp3) is 0.550. The first-order valence-corrected chi connectivity index (χ1v) is 12.0. The van der Waals surface area contributed by atoms with E-state index in [2.05, 4.69) is 33.9 Å². The maximum absolute atomic E-state index is 13.1. The van der Waals surface area contributed by atoms with Gasteiger partial charge in [-0.05, 0) is 49.7 Å². The molecule has 5 rings (SSSR count). The van der Waals surface area contributed by atoms with Crippen molar-refractivity contribution >= 4 is 27.5 Å². The number of hydrogen-bond donors (Lipinski definition) is 3. The number of hydrogen-bond acceptors (Lipinski definition) is 5. The van der Waals surface area contributed by atoms with Crippen LogP contribution in [0.4, 0.5) is 16.3 Å². The lowest BCUT2D eigenvalue weighted by Crippen LogP contribution is -2.23. The highest BCUT2D eigenvalue weighted by molar-refractivity contribution is 7.91. The van der Waals surface area contributed by atoms with Crippen molar-refractivity contribution in [2.24, 2.45) is 9.50 Å². The molecule has 1 atom stereocenters. The van der Waals surface area contributed by atoms with E-state index in [4.69, 9.17) is 10.1 Å². The Morgan fingerprint density at radius 3 is 2.97 bits per heavy atom. The molecule has 1 aliphatic heterocycles. The Balaban J connectivity index is 1.51. The molecule has 160 valence electrons. The van der Waals surface area contributed by atoms with Gasteiger partial charge >= 0.3 is 6.03 Å². The van der Waals surface area contributed by atoms with Crippen molar-refractivity contribution in [1.29, 1.82) is 0 Å². The predicted molar refractivity (Wildman–Crippen MR) is 115 cm³/mol. The third-order valence-corrected chi connectivity index (χ3v) is 7.74. The molecule has 9 nitrogen and oxygen atoms in total. The average molecular weight is 430 g/mol. The molecule has 2 aromatic rings. The number of nitrogens with two attached hydrogens (primary N) is 1. The monoisotopic (exact) mass is 429 g/mol. The van der Waals surface area contributed by atoms with Crippen molar-refractivity contribution in [3.05, 3.63) is 28.7 Å². The number of carbonyl (C=O) groups excluding carboxylic acids is 1. The normalized spacial score (nSPS) is 20.5. The van der Waals surface area contributed by atoms with E-state index >= 15 is 0 Å². The topological polar surface area (TPSA) is 127 Å². The van der Waals surface area contributed by atoms with E-state index in [1.165, 1.54) is 6.20 Å². The van der Waals surface area contributed by atoms with Crippen LogP contribution in [0.3, 0.4) is 0 Å². The number of urea groups is 1. The van der Waals surface area contributed by atoms with Crippen molar-refractivity contribution in [3.8, 4) is 0 Å². The quantitative estimate of drug-likeness (QED) is 0.676. The molecule has 2 aliphatic carbocycles. The van der Waals surface area contributed by atoms with Crippen molar-refractivity contribution in [2.75, 3.05) is 17.2 Å². The van der Waals surface area contributed by atoms with E-state index in [-0.39, 0.29) is 10.3 Å². The number of carbonyl (C=O) groups is 1. The predicted octanol–water partition coefficient (Wildman–Crippen LogP) is 2.74. The molecule has 0 fully saturated rings. The summed E-state index contributed by atoms with van der Waals surface area (Å²) in [6.45, 7) is 5.83. The Morgan fingerprint density at radius 1 is 1.30 bits per heavy atom. The molecule has 0 aromatic carbocycles. The largest absolute Gasteiger partial charge is 0.369 e. The first kappa shape index (κ1) is 19.5. The molecule has 2 aromatic heterocycles. The van der Waals surface area contributed by atoms with Crippen LogP contribution in [-0.4, -0.2) is 31.5 Å². The molecule has 10 heteroatoms. The van der Waals surface area contributed by atoms with E-state index in [0.29, 0.717) is 5.82 Å². The lowest BCUT2D eigenvalue weighted by atomic mass is 9.90. The van der Waals surface area contributed by atoms with Gasteiger partial charge in [0.25, 0.3) is 0 Å². The Hall–Kier alpha value is -2.46. The first-order chi connectivity index (χ1) is 14.3. The summed E-state index contributed by atoms with van der Waals surface area (Å²) in [5.74, 6) is 0.581. The average Bonchev–Trinajstić information content (AvgIpc) is 3.39. The van der Waals surface area contributed by atoms with Gasteiger partial charge in [0.2, 0.25) is 0 Å². The van der Waals surface area contributed by atoms with Crippen LogP contribution >= 0.6 is 0 Å². The standard InChI is InChI=1S/C20H27N7O2S/c1-20(2)8-7-13-16(12-5-3-6-14(12)24-17(13)20)25-19(28)26-30(21,29)15-11-23-27-10-4-9-22-18(15)27/h11,22H,3-10H2,1-2H3,(H3,21,24,25,26,28,29). The van der Waals surface area contributed by atoms with Gasteiger partial charge in [-0.1, -0.05) is 13.8 Å². The second-order valence-electron chi connectivity index (χ2n) is 8.93. The Morgan fingerprint density at radius 2 is 2.13 bits per heavy atom. The van der Waals surface area contributed by atoms with Gasteiger partial charge in [-0.2, -0.15) is 5.10 Å². The molecular formula is C20H27N7O2S. The second kappa shape index (κ2) is 6.78. The van der Waals surface area contributed by atoms with Crippen LogP contribution in [0.1, 0.15) is 55.6 Å². The smallest absolute Gasteiger partial charge is 0.354 e. The number of anilines is 2. The van der Waals surface area contributed by atoms with E-state index in [1.807, 2.05) is 0 Å². The van der Waals surface area contributed by atoms with Crippen LogP contribution in [0, 0.1) is 0 Å². The summed E-state index contributed by atoms with van der Waals surface area (Å²) >= 11 is 0. The molecule has 0 spiro atoms. The van der Waals surface area contributed by atoms with Crippen molar-refractivity contribution < 1.29 is 9.00 Å². The SMILES string of the molecule is CC1(C)CCc2c1nc1c(c2NC(=O)N=S(N)(=O)c2cnn3c2NCCC3)CCC1. The minimum Gasteiger partial charge on any atom is -0.369 e. The summed E-state index contributed by atoms with van der Waals surface area (Å²) in [4.78, 5) is 18.1. The summed E-state index contributed by atoms with van der Waals surface area (Å²) in [6.07, 6.45) is 7.03. The second-order valence-corrected chi connectivity index (χ2v) is 10.7. The van der Waals surface area contributed by atoms with Crippen LogP contribution in [0.2, 0.25) is 0 Å². The van der Waals surface area contributed by atoms with Gasteiger partial charge in [-0.3, -0.25) is 4.98 Å². The summed E-state index contributed by atoms with van der Waals surface area (Å²) in [5, 5.41) is 16.3. The first-order valence-electron chi connectivity index (χ1n) is 10.5. The summed E-state index contributed by atoms with van der Waals surface area (Å²) in [6, 6.07) is -0.689. The molecule has 0 saturated heterocycles. The van der Waals surface area contributed by atoms with E-state index in [1.54, 1.807) is 4.68 Å². The van der Waals surface area contributed by atoms with E-state index < -0.39 is 15.9 Å². The number of aryl methyl sites for hydroxylation is 2. The van der Waals surface area contributed by atoms with Crippen LogP contribution < -0.4 is 15.8 Å². The minimum atomic E-state index is -3.43. The number of rotatable bonds is 2. The van der Waals surface area contributed by atoms with Crippen LogP contribution in [0.5, 0.6) is 0 Å². The molecule has 0 bridgehead atoms. The van der Waals surface area contributed by atoms with Gasteiger partial charge < -0.3 is 10.6 Å². The van der Waals surface area contributed by atoms with E-state index in [0.717, 1.165) is 79.8 Å². The number of pyridine rings is 1. The maximum atomic E-state index is 13.1. The highest BCUT2D eigenvalue weighted by Gasteiger charge is 2.36. The van der Waals surface area contributed by atoms with Gasteiger partial charge in [-0.25, -0.2) is 18.8 Å². The lowest BCUT2D eigenvalue weighted by Gasteiger charge is -2.20. The number of nitrogens with one attached hydrogen (secondary N) is 2. The lowest BCUT2D eigenvalue weighted by molar-refractivity contribution is 0.260. The highest BCUT2D eigenvalue weighted by Crippen LogP contribution is 2.44. The van der Waals surface area contributed by atoms with E-state index in [9.17, 15) is 9.00 Å². The molecule has 0 saturated carbocycles. The summed E-state index contributed by atoms with van der Waals surface area (Å²) in [5.41, 5.74) is 5.07. The van der Waals surface area contributed by atoms with Gasteiger partial charge in [0.05, 0.1) is 17.6 Å². The number of amides is 2. The minimum absolute atomic E-state index is 0.0199. The van der Waals surface area contributed by atoms with Crippen molar-refractivity contribution in [1.82, 2.24) is 14.8 Å². The summed E-state index contributed by atoms with van der Waals surface area (Å²) < 4.78 is 18.7.